The first-order valence-corrected chi connectivity index (χ1v) is 31.3. The second-order valence-corrected chi connectivity index (χ2v) is 22.1. The summed E-state index contributed by atoms with van der Waals surface area (Å²) in [4.78, 5) is 13.2. The molecule has 3 aliphatic heterocycles. The van der Waals surface area contributed by atoms with Crippen molar-refractivity contribution in [3.05, 3.63) is 85.1 Å². The number of aliphatic hydroxyl groups is 11. The smallest absolute Gasteiger partial charge is 0.220 e. The van der Waals surface area contributed by atoms with Crippen LogP contribution in [0.5, 0.6) is 0 Å². The minimum atomic E-state index is -1.98. The number of rotatable bonds is 45. The Morgan fingerprint density at radius 3 is 1.30 bits per heavy atom. The highest BCUT2D eigenvalue weighted by Gasteiger charge is 2.53. The van der Waals surface area contributed by atoms with Crippen molar-refractivity contribution in [3.63, 3.8) is 0 Å². The van der Waals surface area contributed by atoms with Crippen molar-refractivity contribution in [2.45, 2.75) is 285 Å². The Labute approximate surface area is 495 Å². The molecule has 19 nitrogen and oxygen atoms in total. The summed E-state index contributed by atoms with van der Waals surface area (Å²) in [6.45, 7) is 1.46. The van der Waals surface area contributed by atoms with Crippen LogP contribution in [-0.2, 0) is 33.2 Å². The topological polar surface area (TPSA) is 307 Å². The molecule has 0 spiro atoms. The average molecular weight is 1180 g/mol. The fraction of sp³-hybridized carbons (Fsp3) is 0.766. The molecule has 3 saturated heterocycles. The molecule has 0 aromatic carbocycles. The van der Waals surface area contributed by atoms with Gasteiger partial charge in [-0.05, 0) is 70.6 Å². The van der Waals surface area contributed by atoms with Crippen LogP contribution < -0.4 is 5.32 Å². The zero-order chi connectivity index (χ0) is 60.5. The summed E-state index contributed by atoms with van der Waals surface area (Å²) in [6, 6.07) is -0.973. The lowest BCUT2D eigenvalue weighted by atomic mass is 9.96. The van der Waals surface area contributed by atoms with Gasteiger partial charge in [0.15, 0.2) is 18.9 Å². The Kier molecular flexibility index (Phi) is 41.3. The summed E-state index contributed by atoms with van der Waals surface area (Å²) in [5.41, 5.74) is 0. The maximum absolute atomic E-state index is 13.2. The Balaban J connectivity index is 1.30. The van der Waals surface area contributed by atoms with Gasteiger partial charge in [-0.3, -0.25) is 4.79 Å². The lowest BCUT2D eigenvalue weighted by Crippen LogP contribution is -2.66. The minimum Gasteiger partial charge on any atom is -0.394 e. The highest BCUT2D eigenvalue weighted by molar-refractivity contribution is 5.76. The van der Waals surface area contributed by atoms with Crippen LogP contribution in [0.15, 0.2) is 85.1 Å². The third-order valence-corrected chi connectivity index (χ3v) is 15.2. The number of carbonyl (C=O) groups is 1. The van der Waals surface area contributed by atoms with Gasteiger partial charge in [-0.15, -0.1) is 0 Å². The lowest BCUT2D eigenvalue weighted by Gasteiger charge is -2.48. The lowest BCUT2D eigenvalue weighted by molar-refractivity contribution is -0.379. The largest absolute Gasteiger partial charge is 0.394 e. The molecule has 3 aliphatic rings. The number of nitrogens with one attached hydrogen (secondary N) is 1. The van der Waals surface area contributed by atoms with Gasteiger partial charge in [0.1, 0.15) is 73.2 Å². The van der Waals surface area contributed by atoms with Crippen molar-refractivity contribution in [1.29, 1.82) is 0 Å². The summed E-state index contributed by atoms with van der Waals surface area (Å²) in [5.74, 6) is -0.288. The van der Waals surface area contributed by atoms with Crippen molar-refractivity contribution in [2.24, 2.45) is 0 Å². The number of ether oxygens (including phenoxy) is 6. The third kappa shape index (κ3) is 29.5. The Bertz CT molecular complexity index is 1840. The van der Waals surface area contributed by atoms with Crippen LogP contribution in [0, 0.1) is 0 Å². The zero-order valence-corrected chi connectivity index (χ0v) is 49.9. The molecule has 3 fully saturated rings. The average Bonchev–Trinajstić information content (AvgIpc) is 3.52. The van der Waals surface area contributed by atoms with E-state index in [0.717, 1.165) is 89.9 Å². The molecule has 1 amide bonds. The summed E-state index contributed by atoms with van der Waals surface area (Å²) in [6.07, 6.45) is 30.9. The predicted molar refractivity (Wildman–Crippen MR) is 318 cm³/mol. The van der Waals surface area contributed by atoms with E-state index in [1.54, 1.807) is 6.08 Å². The fourth-order valence-electron chi connectivity index (χ4n) is 10.1. The van der Waals surface area contributed by atoms with E-state index in [4.69, 9.17) is 28.4 Å². The number of amides is 1. The van der Waals surface area contributed by atoms with Gasteiger partial charge in [0, 0.05) is 6.42 Å². The third-order valence-electron chi connectivity index (χ3n) is 15.2. The van der Waals surface area contributed by atoms with Crippen molar-refractivity contribution < 1.29 is 89.4 Å². The first kappa shape index (κ1) is 74.2. The highest BCUT2D eigenvalue weighted by atomic mass is 16.8. The van der Waals surface area contributed by atoms with Crippen LogP contribution in [0.25, 0.3) is 0 Å². The zero-order valence-electron chi connectivity index (χ0n) is 49.9. The molecule has 0 aromatic rings. The molecule has 17 atom stereocenters. The van der Waals surface area contributed by atoms with Crippen molar-refractivity contribution >= 4 is 5.91 Å². The van der Waals surface area contributed by atoms with Crippen LogP contribution in [0.3, 0.4) is 0 Å². The molecule has 3 rings (SSSR count). The number of hydrogen-bond acceptors (Lipinski definition) is 18. The molecule has 19 heteroatoms. The predicted octanol–water partition coefficient (Wildman–Crippen LogP) is 6.37. The molecular formula is C64H109NO18. The fourth-order valence-corrected chi connectivity index (χ4v) is 10.1. The standard InChI is InChI=1S/C64H109NO18/c1-3-5-7-9-10-11-12-13-14-15-16-17-18-19-20-21-22-23-24-25-26-27-28-29-30-31-32-33-34-35-36-38-40-42-52(70)65-47(48(69)41-39-37-8-6-4-2)46-78-62-58(76)55(73)60(50(44-67)80-62)83-64-59(77)56(74)61(51(45-68)81-64)82-63-57(75)54(72)53(71)49(43-66)79-63/h5,7,10-11,13-14,16-17,19-20,22-23,39,41,47-51,53-64,66-69,71-77H,3-4,6,8-9,12,15,18,21,24-38,40,42-46H2,1-2H3,(H,65,70)/b7-5-,11-10-,14-13-,17-16-,20-19-,23-22-,41-39+. The van der Waals surface area contributed by atoms with E-state index in [9.17, 15) is 61.0 Å². The van der Waals surface area contributed by atoms with E-state index in [-0.39, 0.29) is 18.9 Å². The molecular weight excluding hydrogens is 1070 g/mol. The molecule has 0 radical (unpaired) electrons. The quantitative estimate of drug-likeness (QED) is 0.0233. The second kappa shape index (κ2) is 46.2. The molecule has 0 bridgehead atoms. The Morgan fingerprint density at radius 2 is 0.831 bits per heavy atom. The van der Waals surface area contributed by atoms with Gasteiger partial charge in [-0.1, -0.05) is 189 Å². The van der Waals surface area contributed by atoms with Crippen molar-refractivity contribution in [1.82, 2.24) is 5.32 Å². The summed E-state index contributed by atoms with van der Waals surface area (Å²) in [5, 5.41) is 119. The van der Waals surface area contributed by atoms with Gasteiger partial charge in [-0.25, -0.2) is 0 Å². The van der Waals surface area contributed by atoms with Gasteiger partial charge in [0.2, 0.25) is 5.91 Å². The minimum absolute atomic E-state index is 0.236. The number of carbonyl (C=O) groups excluding carboxylic acids is 1. The summed E-state index contributed by atoms with van der Waals surface area (Å²) >= 11 is 0. The van der Waals surface area contributed by atoms with E-state index >= 15 is 0 Å². The van der Waals surface area contributed by atoms with Gasteiger partial charge < -0.3 is 89.9 Å². The summed E-state index contributed by atoms with van der Waals surface area (Å²) in [7, 11) is 0. The van der Waals surface area contributed by atoms with Gasteiger partial charge >= 0.3 is 0 Å². The first-order chi connectivity index (χ1) is 40.3. The first-order valence-electron chi connectivity index (χ1n) is 31.3. The van der Waals surface area contributed by atoms with Crippen LogP contribution in [0.2, 0.25) is 0 Å². The van der Waals surface area contributed by atoms with Crippen LogP contribution in [-0.4, -0.2) is 193 Å². The Morgan fingerprint density at radius 1 is 0.446 bits per heavy atom. The molecule has 0 aromatic heterocycles. The van der Waals surface area contributed by atoms with E-state index in [0.29, 0.717) is 6.42 Å². The molecule has 3 heterocycles. The summed E-state index contributed by atoms with van der Waals surface area (Å²) < 4.78 is 34.1. The van der Waals surface area contributed by atoms with E-state index < -0.39 is 124 Å². The highest BCUT2D eigenvalue weighted by Crippen LogP contribution is 2.33. The molecule has 83 heavy (non-hydrogen) atoms. The Hall–Kier alpha value is -3.03. The number of unbranched alkanes of at least 4 members (excludes halogenated alkanes) is 17. The normalized spacial score (nSPS) is 30.0. The molecule has 12 N–H and O–H groups in total. The van der Waals surface area contributed by atoms with Crippen molar-refractivity contribution in [3.8, 4) is 0 Å². The van der Waals surface area contributed by atoms with Crippen LogP contribution in [0.4, 0.5) is 0 Å². The van der Waals surface area contributed by atoms with E-state index in [1.165, 1.54) is 64.2 Å². The number of hydrogen-bond donors (Lipinski definition) is 12. The van der Waals surface area contributed by atoms with E-state index in [2.05, 4.69) is 92.1 Å². The monoisotopic (exact) mass is 1180 g/mol. The van der Waals surface area contributed by atoms with Gasteiger partial charge in [0.05, 0.1) is 38.6 Å². The molecule has 17 unspecified atom stereocenters. The second-order valence-electron chi connectivity index (χ2n) is 22.1. The molecule has 0 aliphatic carbocycles. The number of allylic oxidation sites excluding steroid dienone is 13. The van der Waals surface area contributed by atoms with Crippen molar-refractivity contribution in [2.75, 3.05) is 26.4 Å². The van der Waals surface area contributed by atoms with E-state index in [1.807, 2.05) is 6.08 Å². The number of aliphatic hydroxyl groups excluding tert-OH is 11. The molecule has 478 valence electrons. The van der Waals surface area contributed by atoms with Gasteiger partial charge in [-0.2, -0.15) is 0 Å². The molecule has 0 saturated carbocycles. The maximum Gasteiger partial charge on any atom is 0.220 e. The van der Waals surface area contributed by atoms with Crippen LogP contribution in [0.1, 0.15) is 181 Å². The van der Waals surface area contributed by atoms with Crippen LogP contribution >= 0.6 is 0 Å². The maximum atomic E-state index is 13.2. The SMILES string of the molecule is CC/C=C\C/C=C\C/C=C\C/C=C\C/C=C\C/C=C\CCCCCCCCCCCCCCCCC(=O)NC(COC1OC(CO)C(OC2OC(CO)C(OC3OC(CO)C(O)C(O)C3O)C(O)C2O)C(O)C1O)C(O)/C=C/CCCCC. The van der Waals surface area contributed by atoms with Gasteiger partial charge in [0.25, 0.3) is 0 Å².